The van der Waals surface area contributed by atoms with Crippen molar-refractivity contribution in [3.63, 3.8) is 0 Å². The number of methoxy groups -OCH3 is 1. The first-order chi connectivity index (χ1) is 6.77. The van der Waals surface area contributed by atoms with Crippen LogP contribution in [0, 0.1) is 0 Å². The van der Waals surface area contributed by atoms with E-state index in [4.69, 9.17) is 10.5 Å². The topological polar surface area (TPSA) is 35.2 Å². The predicted octanol–water partition coefficient (Wildman–Crippen LogP) is 2.20. The maximum Gasteiger partial charge on any atom is 0.0713 e. The largest absolute Gasteiger partial charge is 0.380 e. The van der Waals surface area contributed by atoms with E-state index in [-0.39, 0.29) is 0 Å². The van der Waals surface area contributed by atoms with Crippen molar-refractivity contribution >= 4 is 5.57 Å². The molecule has 76 valence electrons. The molecule has 0 bridgehead atoms. The van der Waals surface area contributed by atoms with E-state index in [0.717, 1.165) is 17.6 Å². The fourth-order valence-corrected chi connectivity index (χ4v) is 1.37. The van der Waals surface area contributed by atoms with Crippen LogP contribution in [0.2, 0.25) is 0 Å². The average molecular weight is 191 g/mol. The summed E-state index contributed by atoms with van der Waals surface area (Å²) in [5.41, 5.74) is 8.89. The first-order valence-corrected chi connectivity index (χ1v) is 4.74. The summed E-state index contributed by atoms with van der Waals surface area (Å²) in [4.78, 5) is 0. The quantitative estimate of drug-likeness (QED) is 0.774. The maximum atomic E-state index is 5.48. The Morgan fingerprint density at radius 3 is 2.93 bits per heavy atom. The molecule has 0 aliphatic carbocycles. The molecule has 14 heavy (non-hydrogen) atoms. The highest BCUT2D eigenvalue weighted by atomic mass is 16.5. The van der Waals surface area contributed by atoms with Crippen LogP contribution in [0.3, 0.4) is 0 Å². The molecule has 1 aromatic carbocycles. The minimum Gasteiger partial charge on any atom is -0.380 e. The molecule has 0 fully saturated rings. The van der Waals surface area contributed by atoms with Gasteiger partial charge in [-0.25, -0.2) is 0 Å². The van der Waals surface area contributed by atoms with Gasteiger partial charge in [0.15, 0.2) is 0 Å². The zero-order valence-corrected chi connectivity index (χ0v) is 8.62. The van der Waals surface area contributed by atoms with E-state index in [0.29, 0.717) is 13.2 Å². The van der Waals surface area contributed by atoms with Gasteiger partial charge in [-0.15, -0.1) is 0 Å². The zero-order chi connectivity index (χ0) is 10.4. The monoisotopic (exact) mass is 191 g/mol. The second-order valence-corrected chi connectivity index (χ2v) is 3.28. The second kappa shape index (κ2) is 5.58. The van der Waals surface area contributed by atoms with Crippen LogP contribution >= 0.6 is 0 Å². The highest BCUT2D eigenvalue weighted by Gasteiger charge is 1.99. The summed E-state index contributed by atoms with van der Waals surface area (Å²) in [7, 11) is 1.70. The van der Waals surface area contributed by atoms with Crippen LogP contribution < -0.4 is 5.73 Å². The zero-order valence-electron chi connectivity index (χ0n) is 8.62. The van der Waals surface area contributed by atoms with Gasteiger partial charge in [0.05, 0.1) is 6.61 Å². The van der Waals surface area contributed by atoms with Gasteiger partial charge in [0.1, 0.15) is 0 Å². The first kappa shape index (κ1) is 11.0. The Bertz CT molecular complexity index is 307. The van der Waals surface area contributed by atoms with E-state index in [1.807, 2.05) is 12.1 Å². The molecular formula is C12H17NO. The molecule has 0 amide bonds. The number of hydrogen-bond acceptors (Lipinski definition) is 2. The molecule has 0 saturated heterocycles. The van der Waals surface area contributed by atoms with Gasteiger partial charge < -0.3 is 10.5 Å². The number of benzene rings is 1. The van der Waals surface area contributed by atoms with Crippen LogP contribution in [0.5, 0.6) is 0 Å². The number of hydrogen-bond donors (Lipinski definition) is 1. The van der Waals surface area contributed by atoms with Gasteiger partial charge in [0.25, 0.3) is 0 Å². The van der Waals surface area contributed by atoms with E-state index in [1.165, 1.54) is 5.56 Å². The third kappa shape index (κ3) is 2.98. The Hall–Kier alpha value is -1.12. The van der Waals surface area contributed by atoms with E-state index >= 15 is 0 Å². The fraction of sp³-hybridized carbons (Fsp3) is 0.333. The van der Waals surface area contributed by atoms with Crippen molar-refractivity contribution in [2.75, 3.05) is 13.7 Å². The Balaban J connectivity index is 2.77. The van der Waals surface area contributed by atoms with E-state index < -0.39 is 0 Å². The third-order valence-corrected chi connectivity index (χ3v) is 2.09. The lowest BCUT2D eigenvalue weighted by Crippen LogP contribution is -1.99. The van der Waals surface area contributed by atoms with Crippen molar-refractivity contribution in [3.8, 4) is 0 Å². The number of ether oxygens (including phenoxy) is 1. The number of rotatable bonds is 5. The molecule has 0 saturated carbocycles. The van der Waals surface area contributed by atoms with E-state index in [1.54, 1.807) is 7.11 Å². The summed E-state index contributed by atoms with van der Waals surface area (Å²) in [6, 6.07) is 8.22. The van der Waals surface area contributed by atoms with Crippen molar-refractivity contribution in [1.29, 1.82) is 0 Å². The molecule has 0 aliphatic heterocycles. The van der Waals surface area contributed by atoms with Crippen molar-refractivity contribution in [1.82, 2.24) is 0 Å². The highest BCUT2D eigenvalue weighted by Crippen LogP contribution is 2.17. The Morgan fingerprint density at radius 1 is 1.50 bits per heavy atom. The Morgan fingerprint density at radius 2 is 2.29 bits per heavy atom. The van der Waals surface area contributed by atoms with Crippen molar-refractivity contribution in [3.05, 3.63) is 42.0 Å². The summed E-state index contributed by atoms with van der Waals surface area (Å²) < 4.78 is 5.07. The lowest BCUT2D eigenvalue weighted by molar-refractivity contribution is 0.185. The Kier molecular flexibility index (Phi) is 4.36. The van der Waals surface area contributed by atoms with Crippen LogP contribution in [0.4, 0.5) is 0 Å². The van der Waals surface area contributed by atoms with Gasteiger partial charge in [0, 0.05) is 7.11 Å². The number of nitrogens with two attached hydrogens (primary N) is 1. The standard InChI is InChI=1S/C12H17NO/c1-10(6-7-13)12-5-3-4-11(8-12)9-14-2/h3-5,8H,1,6-7,9,13H2,2H3. The second-order valence-electron chi connectivity index (χ2n) is 3.28. The van der Waals surface area contributed by atoms with Gasteiger partial charge in [-0.1, -0.05) is 24.8 Å². The normalized spacial score (nSPS) is 10.1. The lowest BCUT2D eigenvalue weighted by atomic mass is 10.0. The smallest absolute Gasteiger partial charge is 0.0713 e. The van der Waals surface area contributed by atoms with Crippen molar-refractivity contribution in [2.24, 2.45) is 5.73 Å². The summed E-state index contributed by atoms with van der Waals surface area (Å²) in [5.74, 6) is 0. The van der Waals surface area contributed by atoms with Crippen LogP contribution in [-0.4, -0.2) is 13.7 Å². The minimum atomic E-state index is 0.643. The first-order valence-electron chi connectivity index (χ1n) is 4.74. The highest BCUT2D eigenvalue weighted by molar-refractivity contribution is 5.63. The molecule has 2 N–H and O–H groups in total. The third-order valence-electron chi connectivity index (χ3n) is 2.09. The molecule has 0 aromatic heterocycles. The minimum absolute atomic E-state index is 0.643. The summed E-state index contributed by atoms with van der Waals surface area (Å²) in [5, 5.41) is 0. The molecule has 1 rings (SSSR count). The molecule has 2 heteroatoms. The van der Waals surface area contributed by atoms with Crippen molar-refractivity contribution < 1.29 is 4.74 Å². The Labute approximate surface area is 85.4 Å². The predicted molar refractivity (Wildman–Crippen MR) is 59.9 cm³/mol. The van der Waals surface area contributed by atoms with E-state index in [2.05, 4.69) is 18.7 Å². The molecule has 0 aliphatic rings. The molecule has 2 nitrogen and oxygen atoms in total. The van der Waals surface area contributed by atoms with Gasteiger partial charge in [-0.2, -0.15) is 0 Å². The van der Waals surface area contributed by atoms with Crippen molar-refractivity contribution in [2.45, 2.75) is 13.0 Å². The summed E-state index contributed by atoms with van der Waals surface area (Å²) >= 11 is 0. The molecule has 0 radical (unpaired) electrons. The van der Waals surface area contributed by atoms with Crippen LogP contribution in [0.25, 0.3) is 5.57 Å². The molecule has 0 unspecified atom stereocenters. The fourth-order valence-electron chi connectivity index (χ4n) is 1.37. The van der Waals surface area contributed by atoms with Gasteiger partial charge >= 0.3 is 0 Å². The molecular weight excluding hydrogens is 174 g/mol. The SMILES string of the molecule is C=C(CCN)c1cccc(COC)c1. The lowest BCUT2D eigenvalue weighted by Gasteiger charge is -2.06. The average Bonchev–Trinajstić information content (AvgIpc) is 2.19. The summed E-state index contributed by atoms with van der Waals surface area (Å²) in [6.07, 6.45) is 0.844. The van der Waals surface area contributed by atoms with E-state index in [9.17, 15) is 0 Å². The molecule has 0 heterocycles. The van der Waals surface area contributed by atoms with Crippen LogP contribution in [0.15, 0.2) is 30.8 Å². The molecule has 0 spiro atoms. The van der Waals surface area contributed by atoms with Crippen LogP contribution in [-0.2, 0) is 11.3 Å². The molecule has 0 atom stereocenters. The summed E-state index contributed by atoms with van der Waals surface area (Å²) in [6.45, 7) is 5.28. The van der Waals surface area contributed by atoms with Gasteiger partial charge in [-0.3, -0.25) is 0 Å². The van der Waals surface area contributed by atoms with Crippen LogP contribution in [0.1, 0.15) is 17.5 Å². The maximum absolute atomic E-state index is 5.48. The van der Waals surface area contributed by atoms with Gasteiger partial charge in [-0.05, 0) is 35.7 Å². The molecule has 1 aromatic rings. The van der Waals surface area contributed by atoms with Gasteiger partial charge in [0.2, 0.25) is 0 Å².